The van der Waals surface area contributed by atoms with E-state index in [0.717, 1.165) is 31.6 Å². The number of halogens is 3. The van der Waals surface area contributed by atoms with Gasteiger partial charge in [0, 0.05) is 18.0 Å². The quantitative estimate of drug-likeness (QED) is 0.715. The molecule has 1 aromatic carbocycles. The number of alkyl halides is 1. The zero-order valence-corrected chi connectivity index (χ0v) is 11.9. The van der Waals surface area contributed by atoms with Gasteiger partial charge in [-0.3, -0.25) is 0 Å². The summed E-state index contributed by atoms with van der Waals surface area (Å²) in [5.74, 6) is 0.363. The fraction of sp³-hybridized carbons (Fsp3) is 0.500. The maximum Gasteiger partial charge on any atom is 0.137 e. The van der Waals surface area contributed by atoms with Gasteiger partial charge in [-0.1, -0.05) is 22.0 Å². The molecule has 1 unspecified atom stereocenters. The molecule has 0 bridgehead atoms. The Hall–Kier alpha value is 0.0700. The minimum atomic E-state index is -0.213. The molecule has 0 radical (unpaired) electrons. The van der Waals surface area contributed by atoms with Crippen molar-refractivity contribution in [1.29, 1.82) is 0 Å². The first-order chi connectivity index (χ1) is 7.68. The minimum absolute atomic E-state index is 0.213. The average molecular weight is 352 g/mol. The second kappa shape index (κ2) is 5.61. The molecule has 0 saturated carbocycles. The van der Waals surface area contributed by atoms with E-state index in [-0.39, 0.29) is 10.6 Å². The van der Waals surface area contributed by atoms with Gasteiger partial charge in [-0.15, -0.1) is 0 Å². The smallest absolute Gasteiger partial charge is 0.137 e. The summed E-state index contributed by atoms with van der Waals surface area (Å²) < 4.78 is 19.0. The van der Waals surface area contributed by atoms with Crippen LogP contribution < -0.4 is 0 Å². The van der Waals surface area contributed by atoms with Crippen molar-refractivity contribution < 1.29 is 9.13 Å². The third-order valence-electron chi connectivity index (χ3n) is 2.94. The molecule has 0 aliphatic carbocycles. The van der Waals surface area contributed by atoms with Gasteiger partial charge in [0.05, 0.1) is 4.47 Å². The summed E-state index contributed by atoms with van der Waals surface area (Å²) in [6, 6.07) is 5.20. The second-order valence-electron chi connectivity index (χ2n) is 4.03. The molecule has 4 heteroatoms. The van der Waals surface area contributed by atoms with Crippen LogP contribution >= 0.6 is 31.9 Å². The highest BCUT2D eigenvalue weighted by atomic mass is 79.9. The molecular weight excluding hydrogens is 339 g/mol. The predicted octanol–water partition coefficient (Wildman–Crippen LogP) is 4.45. The largest absolute Gasteiger partial charge is 0.381 e. The van der Waals surface area contributed by atoms with Crippen LogP contribution in [0.3, 0.4) is 0 Å². The van der Waals surface area contributed by atoms with E-state index >= 15 is 0 Å². The Labute approximate surface area is 112 Å². The normalized spacial score (nSPS) is 19.7. The summed E-state index contributed by atoms with van der Waals surface area (Å²) in [5.41, 5.74) is 1.13. The van der Waals surface area contributed by atoms with Gasteiger partial charge >= 0.3 is 0 Å². The van der Waals surface area contributed by atoms with E-state index in [4.69, 9.17) is 4.74 Å². The standard InChI is InChI=1S/C12H13Br2FO/c13-10-7-9(1-2-11(10)15)12(14)8-3-5-16-6-4-8/h1-2,7-8,12H,3-6H2. The summed E-state index contributed by atoms with van der Waals surface area (Å²) in [6.45, 7) is 1.66. The first-order valence-electron chi connectivity index (χ1n) is 5.35. The predicted molar refractivity (Wildman–Crippen MR) is 69.3 cm³/mol. The van der Waals surface area contributed by atoms with E-state index in [0.29, 0.717) is 10.4 Å². The lowest BCUT2D eigenvalue weighted by atomic mass is 9.92. The maximum absolute atomic E-state index is 13.1. The van der Waals surface area contributed by atoms with Crippen LogP contribution in [0.5, 0.6) is 0 Å². The number of hydrogen-bond acceptors (Lipinski definition) is 1. The average Bonchev–Trinajstić information content (AvgIpc) is 2.33. The Bertz CT molecular complexity index is 364. The molecule has 1 nitrogen and oxygen atoms in total. The lowest BCUT2D eigenvalue weighted by Crippen LogP contribution is -2.19. The van der Waals surface area contributed by atoms with E-state index in [1.807, 2.05) is 12.1 Å². The lowest BCUT2D eigenvalue weighted by Gasteiger charge is -2.26. The SMILES string of the molecule is Fc1ccc(C(Br)C2CCOCC2)cc1Br. The van der Waals surface area contributed by atoms with E-state index in [9.17, 15) is 4.39 Å². The van der Waals surface area contributed by atoms with Gasteiger partial charge in [0.1, 0.15) is 5.82 Å². The third kappa shape index (κ3) is 2.84. The fourth-order valence-electron chi connectivity index (χ4n) is 1.96. The van der Waals surface area contributed by atoms with Crippen LogP contribution in [0.15, 0.2) is 22.7 Å². The van der Waals surface area contributed by atoms with Gasteiger partial charge in [-0.05, 0) is 52.4 Å². The monoisotopic (exact) mass is 350 g/mol. The Morgan fingerprint density at radius 2 is 2.00 bits per heavy atom. The first kappa shape index (κ1) is 12.5. The zero-order valence-electron chi connectivity index (χ0n) is 8.76. The number of benzene rings is 1. The Kier molecular flexibility index (Phi) is 4.39. The molecule has 2 rings (SSSR count). The molecule has 0 amide bonds. The van der Waals surface area contributed by atoms with Crippen molar-refractivity contribution in [2.75, 3.05) is 13.2 Å². The summed E-state index contributed by atoms with van der Waals surface area (Å²) in [4.78, 5) is 0.285. The Balaban J connectivity index is 2.12. The first-order valence-corrected chi connectivity index (χ1v) is 7.06. The summed E-state index contributed by atoms with van der Waals surface area (Å²) in [5, 5.41) is 0. The molecule has 1 saturated heterocycles. The molecule has 1 fully saturated rings. The van der Waals surface area contributed by atoms with E-state index in [1.54, 1.807) is 0 Å². The third-order valence-corrected chi connectivity index (χ3v) is 4.83. The lowest BCUT2D eigenvalue weighted by molar-refractivity contribution is 0.0662. The van der Waals surface area contributed by atoms with Gasteiger partial charge in [-0.2, -0.15) is 0 Å². The van der Waals surface area contributed by atoms with Crippen LogP contribution in [0, 0.1) is 11.7 Å². The number of rotatable bonds is 2. The molecular formula is C12H13Br2FO. The van der Waals surface area contributed by atoms with E-state index in [1.165, 1.54) is 6.07 Å². The molecule has 16 heavy (non-hydrogen) atoms. The van der Waals surface area contributed by atoms with Crippen LogP contribution in [0.25, 0.3) is 0 Å². The van der Waals surface area contributed by atoms with Crippen LogP contribution in [0.1, 0.15) is 23.2 Å². The van der Waals surface area contributed by atoms with Gasteiger partial charge in [0.25, 0.3) is 0 Å². The molecule has 0 aromatic heterocycles. The van der Waals surface area contributed by atoms with Crippen molar-refractivity contribution in [1.82, 2.24) is 0 Å². The van der Waals surface area contributed by atoms with Crippen molar-refractivity contribution in [2.24, 2.45) is 5.92 Å². The van der Waals surface area contributed by atoms with Crippen molar-refractivity contribution in [2.45, 2.75) is 17.7 Å². The van der Waals surface area contributed by atoms with Crippen molar-refractivity contribution >= 4 is 31.9 Å². The van der Waals surface area contributed by atoms with E-state index in [2.05, 4.69) is 31.9 Å². The molecule has 0 spiro atoms. The zero-order chi connectivity index (χ0) is 11.5. The van der Waals surface area contributed by atoms with Gasteiger partial charge in [0.2, 0.25) is 0 Å². The minimum Gasteiger partial charge on any atom is -0.381 e. The van der Waals surface area contributed by atoms with Crippen molar-refractivity contribution in [3.05, 3.63) is 34.1 Å². The highest BCUT2D eigenvalue weighted by Gasteiger charge is 2.23. The van der Waals surface area contributed by atoms with Gasteiger partial charge in [0.15, 0.2) is 0 Å². The molecule has 1 atom stereocenters. The van der Waals surface area contributed by atoms with Gasteiger partial charge < -0.3 is 4.74 Å². The highest BCUT2D eigenvalue weighted by Crippen LogP contribution is 2.37. The van der Waals surface area contributed by atoms with Crippen LogP contribution in [0.2, 0.25) is 0 Å². The van der Waals surface area contributed by atoms with Crippen LogP contribution in [-0.2, 0) is 4.74 Å². The summed E-state index contributed by atoms with van der Waals surface area (Å²) in [7, 11) is 0. The molecule has 0 N–H and O–H groups in total. The van der Waals surface area contributed by atoms with E-state index < -0.39 is 0 Å². The summed E-state index contributed by atoms with van der Waals surface area (Å²) >= 11 is 6.93. The highest BCUT2D eigenvalue weighted by molar-refractivity contribution is 9.10. The number of hydrogen-bond donors (Lipinski definition) is 0. The van der Waals surface area contributed by atoms with Crippen molar-refractivity contribution in [3.8, 4) is 0 Å². The van der Waals surface area contributed by atoms with Crippen LogP contribution in [-0.4, -0.2) is 13.2 Å². The van der Waals surface area contributed by atoms with Gasteiger partial charge in [-0.25, -0.2) is 4.39 Å². The second-order valence-corrected chi connectivity index (χ2v) is 5.87. The molecule has 1 heterocycles. The molecule has 1 aliphatic heterocycles. The number of ether oxygens (including phenoxy) is 1. The summed E-state index contributed by atoms with van der Waals surface area (Å²) in [6.07, 6.45) is 2.12. The Morgan fingerprint density at radius 1 is 1.31 bits per heavy atom. The molecule has 1 aromatic rings. The Morgan fingerprint density at radius 3 is 2.62 bits per heavy atom. The van der Waals surface area contributed by atoms with Crippen molar-refractivity contribution in [3.63, 3.8) is 0 Å². The molecule has 88 valence electrons. The molecule has 1 aliphatic rings. The topological polar surface area (TPSA) is 9.23 Å². The van der Waals surface area contributed by atoms with Crippen LogP contribution in [0.4, 0.5) is 4.39 Å². The maximum atomic E-state index is 13.1. The fourth-order valence-corrected chi connectivity index (χ4v) is 3.17.